The fraction of sp³-hybridized carbons (Fsp3) is 0.133. The Morgan fingerprint density at radius 2 is 1.78 bits per heavy atom. The van der Waals surface area contributed by atoms with Gasteiger partial charge in [0.25, 0.3) is 0 Å². The molecule has 1 amide bonds. The predicted molar refractivity (Wildman–Crippen MR) is 142 cm³/mol. The van der Waals surface area contributed by atoms with Gasteiger partial charge in [-0.25, -0.2) is 4.98 Å². The molecule has 0 fully saturated rings. The second-order valence-electron chi connectivity index (χ2n) is 8.60. The molecule has 0 spiro atoms. The molecule has 4 aromatic rings. The second kappa shape index (κ2) is 10.1. The fourth-order valence-electron chi connectivity index (χ4n) is 4.37. The summed E-state index contributed by atoms with van der Waals surface area (Å²) in [6.07, 6.45) is 1.37. The minimum Gasteiger partial charge on any atom is -0.446 e. The minimum atomic E-state index is -0.837. The van der Waals surface area contributed by atoms with Crippen LogP contribution in [-0.2, 0) is 20.7 Å². The van der Waals surface area contributed by atoms with Gasteiger partial charge in [-0.05, 0) is 30.2 Å². The number of esters is 1. The van der Waals surface area contributed by atoms with Gasteiger partial charge in [-0.1, -0.05) is 66.7 Å². The van der Waals surface area contributed by atoms with Crippen molar-refractivity contribution in [1.29, 1.82) is 0 Å². The lowest BCUT2D eigenvalue weighted by atomic mass is 10.0. The summed E-state index contributed by atoms with van der Waals surface area (Å²) in [5, 5.41) is 6.69. The zero-order chi connectivity index (χ0) is 25.9. The maximum atomic E-state index is 12.8. The first-order valence-corrected chi connectivity index (χ1v) is 11.9. The Morgan fingerprint density at radius 3 is 2.51 bits per heavy atom. The van der Waals surface area contributed by atoms with Crippen molar-refractivity contribution >= 4 is 28.7 Å². The molecule has 5 rings (SSSR count). The molecule has 0 bridgehead atoms. The molecule has 1 aromatic heterocycles. The Bertz CT molecular complexity index is 1550. The maximum absolute atomic E-state index is 12.8. The number of amides is 1. The zero-order valence-electron chi connectivity index (χ0n) is 20.5. The molecule has 1 atom stereocenters. The highest BCUT2D eigenvalue weighted by molar-refractivity contribution is 6.00. The summed E-state index contributed by atoms with van der Waals surface area (Å²) >= 11 is 0. The van der Waals surface area contributed by atoms with E-state index in [9.17, 15) is 9.59 Å². The zero-order valence-corrected chi connectivity index (χ0v) is 20.5. The molecule has 184 valence electrons. The molecule has 0 aliphatic carbocycles. The number of hydrazone groups is 1. The molecular formula is C30H25N3O4. The molecule has 0 saturated heterocycles. The summed E-state index contributed by atoms with van der Waals surface area (Å²) in [5.41, 5.74) is 4.45. The average molecular weight is 492 g/mol. The van der Waals surface area contributed by atoms with Gasteiger partial charge in [-0.3, -0.25) is 9.59 Å². The summed E-state index contributed by atoms with van der Waals surface area (Å²) in [6.45, 7) is 6.57. The number of hydrogen-bond donors (Lipinski definition) is 0. The van der Waals surface area contributed by atoms with Gasteiger partial charge in [0.05, 0.1) is 16.8 Å². The Kier molecular flexibility index (Phi) is 6.51. The van der Waals surface area contributed by atoms with Crippen molar-refractivity contribution < 1.29 is 19.1 Å². The predicted octanol–water partition coefficient (Wildman–Crippen LogP) is 5.79. The summed E-state index contributed by atoms with van der Waals surface area (Å²) in [7, 11) is 0. The van der Waals surface area contributed by atoms with Crippen molar-refractivity contribution in [2.75, 3.05) is 0 Å². The maximum Gasteiger partial charge on any atom is 0.308 e. The average Bonchev–Trinajstić information content (AvgIpc) is 3.35. The van der Waals surface area contributed by atoms with Crippen LogP contribution in [0.5, 0.6) is 5.75 Å². The van der Waals surface area contributed by atoms with Crippen LogP contribution in [0.15, 0.2) is 96.6 Å². The normalized spacial score (nSPS) is 14.7. The number of para-hydroxylation sites is 2. The summed E-state index contributed by atoms with van der Waals surface area (Å²) in [5.74, 6) is -0.241. The van der Waals surface area contributed by atoms with Crippen molar-refractivity contribution in [3.8, 4) is 17.0 Å². The van der Waals surface area contributed by atoms with Crippen LogP contribution >= 0.6 is 0 Å². The van der Waals surface area contributed by atoms with Crippen molar-refractivity contribution in [2.45, 2.75) is 26.5 Å². The summed E-state index contributed by atoms with van der Waals surface area (Å²) in [6, 6.07) is 24.9. The van der Waals surface area contributed by atoms with E-state index in [4.69, 9.17) is 14.5 Å². The van der Waals surface area contributed by atoms with Crippen LogP contribution in [0.2, 0.25) is 0 Å². The van der Waals surface area contributed by atoms with Gasteiger partial charge >= 0.3 is 5.97 Å². The van der Waals surface area contributed by atoms with Gasteiger partial charge in [0.1, 0.15) is 5.75 Å². The molecule has 1 aliphatic rings. The number of nitrogens with zero attached hydrogens (tertiary/aromatic N) is 3. The summed E-state index contributed by atoms with van der Waals surface area (Å²) in [4.78, 5) is 29.5. The smallest absolute Gasteiger partial charge is 0.308 e. The number of benzene rings is 3. The number of carbonyl (C=O) groups is 2. The Labute approximate surface area is 214 Å². The monoisotopic (exact) mass is 491 g/mol. The van der Waals surface area contributed by atoms with Crippen LogP contribution in [0.4, 0.5) is 0 Å². The Hall–Kier alpha value is -4.78. The lowest BCUT2D eigenvalue weighted by Gasteiger charge is -2.22. The van der Waals surface area contributed by atoms with Crippen LogP contribution in [-0.4, -0.2) is 27.8 Å². The van der Waals surface area contributed by atoms with E-state index in [-0.39, 0.29) is 11.8 Å². The van der Waals surface area contributed by atoms with E-state index < -0.39 is 12.2 Å². The van der Waals surface area contributed by atoms with Crippen LogP contribution < -0.4 is 4.74 Å². The SMILES string of the molecule is C=CCc1cccc(C2=NN(C(C)=O)[C@H](c3cc(-c4ccccc4)nc4ccccc34)O2)c1OC(C)=O. The number of carbonyl (C=O) groups excluding carboxylic acids is 2. The van der Waals surface area contributed by atoms with Crippen molar-refractivity contribution in [2.24, 2.45) is 5.10 Å². The van der Waals surface area contributed by atoms with Gasteiger partial charge in [0, 0.05) is 30.4 Å². The fourth-order valence-corrected chi connectivity index (χ4v) is 4.37. The van der Waals surface area contributed by atoms with E-state index in [1.807, 2.05) is 72.8 Å². The highest BCUT2D eigenvalue weighted by Crippen LogP contribution is 2.38. The number of allylic oxidation sites excluding steroid dienone is 1. The minimum absolute atomic E-state index is 0.185. The van der Waals surface area contributed by atoms with Crippen molar-refractivity contribution in [3.63, 3.8) is 0 Å². The van der Waals surface area contributed by atoms with Gasteiger partial charge in [0.15, 0.2) is 0 Å². The number of pyridine rings is 1. The standard InChI is InChI=1S/C30H25N3O4/c1-4-11-22-14-10-16-24(28(22)36-20(3)35)29-32-33(19(2)34)30(37-29)25-18-27(21-12-6-5-7-13-21)31-26-17-9-8-15-23(25)26/h4-10,12-18,30H,1,11H2,2-3H3/t30-/m0/s1. The lowest BCUT2D eigenvalue weighted by Crippen LogP contribution is -2.25. The first-order valence-electron chi connectivity index (χ1n) is 11.9. The molecule has 1 aliphatic heterocycles. The van der Waals surface area contributed by atoms with Gasteiger partial charge in [0.2, 0.25) is 18.0 Å². The number of hydrogen-bond acceptors (Lipinski definition) is 6. The van der Waals surface area contributed by atoms with Crippen molar-refractivity contribution in [3.05, 3.63) is 108 Å². The van der Waals surface area contributed by atoms with E-state index in [0.717, 1.165) is 33.3 Å². The van der Waals surface area contributed by atoms with Crippen LogP contribution in [0, 0.1) is 0 Å². The quantitative estimate of drug-likeness (QED) is 0.194. The van der Waals surface area contributed by atoms with Crippen LogP contribution in [0.25, 0.3) is 22.2 Å². The Morgan fingerprint density at radius 1 is 1.03 bits per heavy atom. The second-order valence-corrected chi connectivity index (χ2v) is 8.60. The molecule has 0 saturated carbocycles. The molecule has 3 aromatic carbocycles. The first kappa shape index (κ1) is 23.9. The first-order chi connectivity index (χ1) is 18.0. The highest BCUT2D eigenvalue weighted by atomic mass is 16.5. The van der Waals surface area contributed by atoms with Gasteiger partial charge in [-0.15, -0.1) is 11.7 Å². The number of fused-ring (bicyclic) bond motifs is 1. The molecule has 7 nitrogen and oxygen atoms in total. The topological polar surface area (TPSA) is 81.1 Å². The largest absolute Gasteiger partial charge is 0.446 e. The molecule has 0 N–H and O–H groups in total. The van der Waals surface area contributed by atoms with E-state index in [2.05, 4.69) is 11.7 Å². The van der Waals surface area contributed by atoms with E-state index in [1.54, 1.807) is 12.1 Å². The van der Waals surface area contributed by atoms with Crippen LogP contribution in [0.3, 0.4) is 0 Å². The molecular weight excluding hydrogens is 466 g/mol. The third kappa shape index (κ3) is 4.71. The van der Waals surface area contributed by atoms with Gasteiger partial charge < -0.3 is 9.47 Å². The molecule has 37 heavy (non-hydrogen) atoms. The third-order valence-corrected chi connectivity index (χ3v) is 5.99. The van der Waals surface area contributed by atoms with E-state index in [0.29, 0.717) is 17.7 Å². The molecule has 0 radical (unpaired) electrons. The Balaban J connectivity index is 1.64. The number of aromatic nitrogens is 1. The highest BCUT2D eigenvalue weighted by Gasteiger charge is 2.36. The van der Waals surface area contributed by atoms with Gasteiger partial charge in [-0.2, -0.15) is 5.01 Å². The number of ether oxygens (including phenoxy) is 2. The third-order valence-electron chi connectivity index (χ3n) is 5.99. The molecule has 2 heterocycles. The summed E-state index contributed by atoms with van der Waals surface area (Å²) < 4.78 is 11.9. The molecule has 0 unspecified atom stereocenters. The van der Waals surface area contributed by atoms with E-state index >= 15 is 0 Å². The number of rotatable bonds is 6. The molecule has 7 heteroatoms. The van der Waals surface area contributed by atoms with Crippen LogP contribution in [0.1, 0.15) is 36.8 Å². The van der Waals surface area contributed by atoms with E-state index in [1.165, 1.54) is 18.9 Å². The lowest BCUT2D eigenvalue weighted by molar-refractivity contribution is -0.135. The van der Waals surface area contributed by atoms with Crippen molar-refractivity contribution in [1.82, 2.24) is 9.99 Å².